The van der Waals surface area contributed by atoms with Crippen molar-refractivity contribution in [1.29, 1.82) is 10.8 Å². The summed E-state index contributed by atoms with van der Waals surface area (Å²) in [6.07, 6.45) is 0. The van der Waals surface area contributed by atoms with Gasteiger partial charge in [-0.3, -0.25) is 20.4 Å². The van der Waals surface area contributed by atoms with Crippen LogP contribution in [0.25, 0.3) is 0 Å². The zero-order valence-electron chi connectivity index (χ0n) is 12.6. The summed E-state index contributed by atoms with van der Waals surface area (Å²) in [5.74, 6) is -2.73. The van der Waals surface area contributed by atoms with Crippen LogP contribution in [-0.4, -0.2) is 33.5 Å². The first-order valence-electron chi connectivity index (χ1n) is 7.56. The molecule has 2 aliphatic heterocycles. The molecule has 6 nitrogen and oxygen atoms in total. The molecule has 2 amide bonds. The highest BCUT2D eigenvalue weighted by atomic mass is 16.2. The van der Waals surface area contributed by atoms with E-state index in [9.17, 15) is 9.59 Å². The maximum atomic E-state index is 12.8. The molecule has 2 aromatic rings. The summed E-state index contributed by atoms with van der Waals surface area (Å²) < 4.78 is 0. The molecule has 6 heteroatoms. The Hall–Kier alpha value is -3.28. The Morgan fingerprint density at radius 1 is 0.625 bits per heavy atom. The number of benzene rings is 2. The number of fused-ring (bicyclic) bond motifs is 1. The van der Waals surface area contributed by atoms with Gasteiger partial charge < -0.3 is 0 Å². The molecular formula is C18H14N4O2. The highest BCUT2D eigenvalue weighted by molar-refractivity contribution is 6.30. The van der Waals surface area contributed by atoms with Crippen LogP contribution in [0.5, 0.6) is 0 Å². The van der Waals surface area contributed by atoms with E-state index in [0.29, 0.717) is 5.56 Å². The maximum absolute atomic E-state index is 12.8. The minimum absolute atomic E-state index is 0.0528. The molecule has 2 aliphatic rings. The molecule has 24 heavy (non-hydrogen) atoms. The zero-order valence-corrected chi connectivity index (χ0v) is 12.6. The summed E-state index contributed by atoms with van der Waals surface area (Å²) >= 11 is 0. The Balaban J connectivity index is 1.74. The highest BCUT2D eigenvalue weighted by Crippen LogP contribution is 2.39. The van der Waals surface area contributed by atoms with Crippen molar-refractivity contribution in [2.24, 2.45) is 0 Å². The van der Waals surface area contributed by atoms with Gasteiger partial charge in [0.05, 0.1) is 0 Å². The summed E-state index contributed by atoms with van der Waals surface area (Å²) in [4.78, 5) is 25.5. The summed E-state index contributed by atoms with van der Waals surface area (Å²) in [6.45, 7) is 0. The van der Waals surface area contributed by atoms with Crippen LogP contribution in [0.2, 0.25) is 0 Å². The summed E-state index contributed by atoms with van der Waals surface area (Å²) in [5, 5.41) is 18.8. The lowest BCUT2D eigenvalue weighted by Crippen LogP contribution is -2.38. The molecule has 0 atom stereocenters. The molecule has 2 heterocycles. The van der Waals surface area contributed by atoms with E-state index in [-0.39, 0.29) is 11.7 Å². The predicted octanol–water partition coefficient (Wildman–Crippen LogP) is 2.11. The fraction of sp³-hybridized carbons (Fsp3) is 0.111. The van der Waals surface area contributed by atoms with E-state index in [1.165, 1.54) is 0 Å². The first-order chi connectivity index (χ1) is 11.6. The van der Waals surface area contributed by atoms with Crippen LogP contribution in [-0.2, 0) is 9.59 Å². The van der Waals surface area contributed by atoms with Gasteiger partial charge >= 0.3 is 0 Å². The number of amidine groups is 2. The van der Waals surface area contributed by atoms with Crippen molar-refractivity contribution in [3.8, 4) is 0 Å². The van der Waals surface area contributed by atoms with E-state index in [1.54, 1.807) is 36.4 Å². The minimum Gasteiger partial charge on any atom is -0.286 e. The summed E-state index contributed by atoms with van der Waals surface area (Å²) in [5.41, 5.74) is 1.30. The molecule has 4 rings (SSSR count). The molecule has 0 unspecified atom stereocenters. The van der Waals surface area contributed by atoms with Crippen LogP contribution in [0.15, 0.2) is 60.7 Å². The number of carbonyl (C=O) groups is 2. The third-order valence-electron chi connectivity index (χ3n) is 4.38. The van der Waals surface area contributed by atoms with Gasteiger partial charge in [0.15, 0.2) is 0 Å². The lowest BCUT2D eigenvalue weighted by molar-refractivity contribution is -0.131. The zero-order chi connectivity index (χ0) is 16.8. The Morgan fingerprint density at radius 3 is 1.42 bits per heavy atom. The van der Waals surface area contributed by atoms with Gasteiger partial charge in [-0.15, -0.1) is 0 Å². The van der Waals surface area contributed by atoms with Crippen molar-refractivity contribution < 1.29 is 9.59 Å². The second-order valence-electron chi connectivity index (χ2n) is 5.76. The van der Waals surface area contributed by atoms with E-state index in [0.717, 1.165) is 15.6 Å². The smallest absolute Gasteiger partial charge is 0.264 e. The average molecular weight is 318 g/mol. The number of amides is 2. The number of hydrogen-bond donors (Lipinski definition) is 2. The largest absolute Gasteiger partial charge is 0.286 e. The fourth-order valence-electron chi connectivity index (χ4n) is 3.27. The van der Waals surface area contributed by atoms with Crippen LogP contribution in [0.1, 0.15) is 23.0 Å². The average Bonchev–Trinajstić information content (AvgIpc) is 3.02. The van der Waals surface area contributed by atoms with Gasteiger partial charge in [-0.1, -0.05) is 60.7 Å². The Kier molecular flexibility index (Phi) is 3.06. The van der Waals surface area contributed by atoms with E-state index >= 15 is 0 Å². The number of rotatable bonds is 2. The van der Waals surface area contributed by atoms with Gasteiger partial charge in [0.25, 0.3) is 11.8 Å². The Bertz CT molecular complexity index is 758. The molecule has 2 N–H and O–H groups in total. The molecule has 2 saturated heterocycles. The van der Waals surface area contributed by atoms with E-state index in [2.05, 4.69) is 0 Å². The van der Waals surface area contributed by atoms with E-state index < -0.39 is 23.7 Å². The van der Waals surface area contributed by atoms with Crippen molar-refractivity contribution in [2.45, 2.75) is 11.8 Å². The van der Waals surface area contributed by atoms with Gasteiger partial charge in [-0.05, 0) is 11.1 Å². The number of carbonyl (C=O) groups excluding carboxylic acids is 2. The molecular weight excluding hydrogens is 304 g/mol. The molecule has 118 valence electrons. The van der Waals surface area contributed by atoms with Crippen LogP contribution < -0.4 is 0 Å². The van der Waals surface area contributed by atoms with Crippen molar-refractivity contribution in [3.63, 3.8) is 0 Å². The first kappa shape index (κ1) is 14.3. The lowest BCUT2D eigenvalue weighted by atomic mass is 9.94. The monoisotopic (exact) mass is 318 g/mol. The molecule has 0 aromatic heterocycles. The molecule has 0 spiro atoms. The third kappa shape index (κ3) is 1.83. The van der Waals surface area contributed by atoms with Crippen LogP contribution in [0.4, 0.5) is 0 Å². The normalized spacial score (nSPS) is 23.2. The van der Waals surface area contributed by atoms with Gasteiger partial charge in [0.2, 0.25) is 0 Å². The van der Waals surface area contributed by atoms with E-state index in [4.69, 9.17) is 10.8 Å². The molecule has 2 fully saturated rings. The standard InChI is InChI=1S/C18H14N4O2/c19-15-13(11-7-3-1-4-8-11)16(20)22-18(24)14(17(23)21(15)22)12-9-5-2-6-10-12/h1-10,13-14,19-20H. The first-order valence-corrected chi connectivity index (χ1v) is 7.56. The van der Waals surface area contributed by atoms with Crippen LogP contribution >= 0.6 is 0 Å². The number of hydrogen-bond acceptors (Lipinski definition) is 4. The van der Waals surface area contributed by atoms with Crippen molar-refractivity contribution >= 4 is 23.5 Å². The lowest BCUT2D eigenvalue weighted by Gasteiger charge is -2.15. The molecule has 2 aromatic carbocycles. The summed E-state index contributed by atoms with van der Waals surface area (Å²) in [6, 6.07) is 17.8. The van der Waals surface area contributed by atoms with Crippen molar-refractivity contribution in [3.05, 3.63) is 71.8 Å². The fourth-order valence-corrected chi connectivity index (χ4v) is 3.27. The second kappa shape index (κ2) is 5.13. The van der Waals surface area contributed by atoms with Gasteiger partial charge in [0.1, 0.15) is 23.5 Å². The topological polar surface area (TPSA) is 88.3 Å². The van der Waals surface area contributed by atoms with Gasteiger partial charge in [-0.2, -0.15) is 10.0 Å². The predicted molar refractivity (Wildman–Crippen MR) is 87.5 cm³/mol. The number of nitrogens with zero attached hydrogens (tertiary/aromatic N) is 2. The van der Waals surface area contributed by atoms with Gasteiger partial charge in [0, 0.05) is 0 Å². The molecule has 0 bridgehead atoms. The van der Waals surface area contributed by atoms with Crippen LogP contribution in [0.3, 0.4) is 0 Å². The van der Waals surface area contributed by atoms with Crippen molar-refractivity contribution in [1.82, 2.24) is 10.0 Å². The Morgan fingerprint density at radius 2 is 1.00 bits per heavy atom. The number of nitrogens with one attached hydrogen (secondary N) is 2. The highest BCUT2D eigenvalue weighted by Gasteiger charge is 2.57. The second-order valence-corrected chi connectivity index (χ2v) is 5.76. The van der Waals surface area contributed by atoms with Gasteiger partial charge in [-0.25, -0.2) is 0 Å². The SMILES string of the molecule is N=C1C(c2ccccc2)C(=N)N2C(=O)C(c3ccccc3)C(=O)N12. The number of hydrazine groups is 1. The van der Waals surface area contributed by atoms with Crippen LogP contribution in [0, 0.1) is 10.8 Å². The molecule has 0 radical (unpaired) electrons. The maximum Gasteiger partial charge on any atom is 0.264 e. The van der Waals surface area contributed by atoms with E-state index in [1.807, 2.05) is 24.3 Å². The van der Waals surface area contributed by atoms with Crippen molar-refractivity contribution in [2.75, 3.05) is 0 Å². The minimum atomic E-state index is -0.983. The summed E-state index contributed by atoms with van der Waals surface area (Å²) in [7, 11) is 0. The Labute approximate surface area is 138 Å². The molecule has 0 aliphatic carbocycles. The quantitative estimate of drug-likeness (QED) is 0.831. The third-order valence-corrected chi connectivity index (χ3v) is 4.38. The molecule has 0 saturated carbocycles.